The summed E-state index contributed by atoms with van der Waals surface area (Å²) in [6.45, 7) is 3.91. The Hall–Kier alpha value is -3.48. The van der Waals surface area contributed by atoms with Crippen LogP contribution in [0.15, 0.2) is 71.0 Å². The Labute approximate surface area is 149 Å². The summed E-state index contributed by atoms with van der Waals surface area (Å²) < 4.78 is 2.56. The third-order valence-electron chi connectivity index (χ3n) is 3.96. The fourth-order valence-corrected chi connectivity index (χ4v) is 2.74. The lowest BCUT2D eigenvalue weighted by Crippen LogP contribution is -2.43. The summed E-state index contributed by atoms with van der Waals surface area (Å²) in [7, 11) is 0. The van der Waals surface area contributed by atoms with Crippen molar-refractivity contribution in [2.24, 2.45) is 0 Å². The minimum absolute atomic E-state index is 0.225. The summed E-state index contributed by atoms with van der Waals surface area (Å²) in [5.41, 5.74) is 0.540. The molecule has 3 rings (SSSR count). The summed E-state index contributed by atoms with van der Waals surface area (Å²) >= 11 is 0. The fraction of sp³-hybridized carbons (Fsp3) is 0.158. The van der Waals surface area contributed by atoms with Crippen LogP contribution >= 0.6 is 0 Å². The van der Waals surface area contributed by atoms with E-state index in [1.165, 1.54) is 9.13 Å². The fourth-order valence-electron chi connectivity index (χ4n) is 2.74. The Kier molecular flexibility index (Phi) is 5.07. The van der Waals surface area contributed by atoms with Crippen LogP contribution in [-0.2, 0) is 24.4 Å². The van der Waals surface area contributed by atoms with E-state index in [1.54, 1.807) is 48.8 Å². The van der Waals surface area contributed by atoms with E-state index >= 15 is 0 Å². The molecule has 0 atom stereocenters. The topological polar surface area (TPSA) is 86.0 Å². The van der Waals surface area contributed by atoms with Crippen LogP contribution in [0.3, 0.4) is 0 Å². The van der Waals surface area contributed by atoms with E-state index in [2.05, 4.69) is 16.9 Å². The van der Waals surface area contributed by atoms with E-state index in [1.807, 2.05) is 6.07 Å². The maximum Gasteiger partial charge on any atom is 0.317 e. The number of nitrogens with zero attached hydrogens (tertiary/aromatic N) is 3. The van der Waals surface area contributed by atoms with Gasteiger partial charge in [-0.3, -0.25) is 28.5 Å². The highest BCUT2D eigenvalue weighted by atomic mass is 16.2. The Balaban J connectivity index is 1.92. The number of pyridine rings is 1. The van der Waals surface area contributed by atoms with Gasteiger partial charge < -0.3 is 5.32 Å². The van der Waals surface area contributed by atoms with E-state index < -0.39 is 11.1 Å². The van der Waals surface area contributed by atoms with Crippen molar-refractivity contribution in [2.45, 2.75) is 19.6 Å². The van der Waals surface area contributed by atoms with Crippen LogP contribution in [0.2, 0.25) is 0 Å². The molecule has 132 valence electrons. The van der Waals surface area contributed by atoms with Gasteiger partial charge in [0.25, 0.3) is 0 Å². The molecular formula is C19H18N4O3. The van der Waals surface area contributed by atoms with Crippen molar-refractivity contribution in [1.82, 2.24) is 19.4 Å². The molecule has 0 aliphatic heterocycles. The van der Waals surface area contributed by atoms with Gasteiger partial charge >= 0.3 is 11.1 Å². The minimum Gasteiger partial charge on any atom is -0.350 e. The summed E-state index contributed by atoms with van der Waals surface area (Å²) in [5, 5.41) is 2.73. The summed E-state index contributed by atoms with van der Waals surface area (Å²) in [6.07, 6.45) is 4.85. The number of aromatic nitrogens is 3. The molecule has 0 saturated carbocycles. The molecule has 0 aliphatic rings. The molecule has 1 amide bonds. The molecule has 0 bridgehead atoms. The highest BCUT2D eigenvalue weighted by Gasteiger charge is 2.14. The molecule has 0 fully saturated rings. The lowest BCUT2D eigenvalue weighted by atomic mass is 10.2. The Morgan fingerprint density at radius 1 is 1.08 bits per heavy atom. The lowest BCUT2D eigenvalue weighted by molar-refractivity contribution is -0.121. The number of carbonyl (C=O) groups excluding carboxylic acids is 1. The monoisotopic (exact) mass is 350 g/mol. The van der Waals surface area contributed by atoms with Crippen molar-refractivity contribution in [3.05, 3.63) is 87.7 Å². The highest BCUT2D eigenvalue weighted by molar-refractivity contribution is 5.80. The molecule has 0 saturated heterocycles. The number of amides is 1. The van der Waals surface area contributed by atoms with E-state index in [9.17, 15) is 14.4 Å². The molecule has 2 heterocycles. The molecule has 0 aliphatic carbocycles. The van der Waals surface area contributed by atoms with Crippen molar-refractivity contribution in [2.75, 3.05) is 0 Å². The predicted molar refractivity (Wildman–Crippen MR) is 98.7 cm³/mol. The normalized spacial score (nSPS) is 10.6. The molecule has 2 aromatic heterocycles. The van der Waals surface area contributed by atoms with Crippen molar-refractivity contribution in [3.63, 3.8) is 0 Å². The summed E-state index contributed by atoms with van der Waals surface area (Å²) in [4.78, 5) is 41.2. The van der Waals surface area contributed by atoms with Crippen LogP contribution in [0, 0.1) is 0 Å². The minimum atomic E-state index is -0.734. The number of nitrogens with one attached hydrogen (secondary N) is 1. The number of carbonyl (C=O) groups is 1. The second-order valence-electron chi connectivity index (χ2n) is 5.72. The quantitative estimate of drug-likeness (QED) is 0.532. The number of para-hydroxylation sites is 2. The third-order valence-corrected chi connectivity index (χ3v) is 3.96. The van der Waals surface area contributed by atoms with E-state index in [0.29, 0.717) is 17.6 Å². The first-order chi connectivity index (χ1) is 12.6. The van der Waals surface area contributed by atoms with Gasteiger partial charge in [0.15, 0.2) is 0 Å². The highest BCUT2D eigenvalue weighted by Crippen LogP contribution is 2.10. The van der Waals surface area contributed by atoms with Crippen LogP contribution in [0.5, 0.6) is 0 Å². The molecule has 3 aromatic rings. The maximum absolute atomic E-state index is 12.5. The predicted octanol–water partition coefficient (Wildman–Crippen LogP) is 1.06. The average Bonchev–Trinajstić information content (AvgIpc) is 2.68. The molecular weight excluding hydrogens is 332 g/mol. The van der Waals surface area contributed by atoms with Gasteiger partial charge in [-0.05, 0) is 23.8 Å². The SMILES string of the molecule is C=CCn1c(=O)c(=O)n(CC(=O)NCc2cccnc2)c2ccccc21. The zero-order valence-electron chi connectivity index (χ0n) is 14.1. The van der Waals surface area contributed by atoms with Crippen LogP contribution in [-0.4, -0.2) is 20.0 Å². The van der Waals surface area contributed by atoms with Crippen molar-refractivity contribution in [3.8, 4) is 0 Å². The first-order valence-electron chi connectivity index (χ1n) is 8.10. The first-order valence-corrected chi connectivity index (χ1v) is 8.10. The molecule has 7 nitrogen and oxygen atoms in total. The zero-order chi connectivity index (χ0) is 18.5. The molecule has 0 spiro atoms. The summed E-state index contributed by atoms with van der Waals surface area (Å²) in [6, 6.07) is 10.6. The van der Waals surface area contributed by atoms with E-state index in [-0.39, 0.29) is 19.0 Å². The van der Waals surface area contributed by atoms with Crippen molar-refractivity contribution < 1.29 is 4.79 Å². The standard InChI is InChI=1S/C19H18N4O3/c1-2-10-22-15-7-3-4-8-16(15)23(19(26)18(22)25)13-17(24)21-12-14-6-5-9-20-11-14/h2-9,11H,1,10,12-13H2,(H,21,24). The number of hydrogen-bond acceptors (Lipinski definition) is 4. The van der Waals surface area contributed by atoms with Crippen molar-refractivity contribution >= 4 is 16.9 Å². The Morgan fingerprint density at radius 3 is 2.42 bits per heavy atom. The number of rotatable bonds is 6. The van der Waals surface area contributed by atoms with Crippen LogP contribution in [0.4, 0.5) is 0 Å². The van der Waals surface area contributed by atoms with Crippen LogP contribution in [0.1, 0.15) is 5.56 Å². The number of hydrogen-bond donors (Lipinski definition) is 1. The van der Waals surface area contributed by atoms with Gasteiger partial charge in [0.2, 0.25) is 5.91 Å². The zero-order valence-corrected chi connectivity index (χ0v) is 14.1. The van der Waals surface area contributed by atoms with E-state index in [0.717, 1.165) is 5.56 Å². The second kappa shape index (κ2) is 7.60. The third kappa shape index (κ3) is 3.46. The van der Waals surface area contributed by atoms with Crippen LogP contribution < -0.4 is 16.4 Å². The molecule has 7 heteroatoms. The van der Waals surface area contributed by atoms with Gasteiger partial charge in [0, 0.05) is 25.5 Å². The number of benzene rings is 1. The van der Waals surface area contributed by atoms with Gasteiger partial charge in [0.05, 0.1) is 11.0 Å². The molecule has 1 aromatic carbocycles. The smallest absolute Gasteiger partial charge is 0.317 e. The van der Waals surface area contributed by atoms with Gasteiger partial charge in [-0.1, -0.05) is 24.3 Å². The second-order valence-corrected chi connectivity index (χ2v) is 5.72. The first kappa shape index (κ1) is 17.3. The molecule has 0 radical (unpaired) electrons. The number of allylic oxidation sites excluding steroid dienone is 1. The largest absolute Gasteiger partial charge is 0.350 e. The van der Waals surface area contributed by atoms with Gasteiger partial charge in [-0.25, -0.2) is 0 Å². The lowest BCUT2D eigenvalue weighted by Gasteiger charge is -2.14. The van der Waals surface area contributed by atoms with Gasteiger partial charge in [0.1, 0.15) is 6.54 Å². The van der Waals surface area contributed by atoms with Gasteiger partial charge in [-0.2, -0.15) is 0 Å². The maximum atomic E-state index is 12.5. The molecule has 26 heavy (non-hydrogen) atoms. The Bertz CT molecular complexity index is 1070. The average molecular weight is 350 g/mol. The van der Waals surface area contributed by atoms with Crippen LogP contribution in [0.25, 0.3) is 11.0 Å². The number of fused-ring (bicyclic) bond motifs is 1. The van der Waals surface area contributed by atoms with Gasteiger partial charge in [-0.15, -0.1) is 6.58 Å². The molecule has 0 unspecified atom stereocenters. The Morgan fingerprint density at radius 2 is 1.77 bits per heavy atom. The summed E-state index contributed by atoms with van der Waals surface area (Å²) in [5.74, 6) is -0.359. The van der Waals surface area contributed by atoms with E-state index in [4.69, 9.17) is 0 Å². The van der Waals surface area contributed by atoms with Crippen molar-refractivity contribution in [1.29, 1.82) is 0 Å². The molecule has 1 N–H and O–H groups in total.